The van der Waals surface area contributed by atoms with Gasteiger partial charge >= 0.3 is 11.9 Å². The SMILES string of the molecule is CCOC(=O)C1=C(C)N=c2s/c(=C/c3cc(I)cc(I)c3OCc3ccccc3Cl)c(=O)n2[C@H]1c1ccc(OCC(=O)OC)c(OCC)c1. The molecule has 14 heteroatoms. The number of hydrogen-bond donors (Lipinski definition) is 0. The van der Waals surface area contributed by atoms with Gasteiger partial charge in [0.1, 0.15) is 12.4 Å². The highest BCUT2D eigenvalue weighted by Gasteiger charge is 2.34. The standard InChI is InChI=1S/C35H31ClI2N2O8S/c1-5-45-27-14-20(11-12-26(27)47-18-29(41)44-4)31-30(34(43)46-6-2)19(3)39-35-40(31)33(42)28(49-35)15-22-13-23(37)16-25(38)32(22)48-17-21-9-7-8-10-24(21)36/h7-16,31H,5-6,17-18H2,1-4H3/b28-15+/t31-/m0/s1. The molecular formula is C35H31ClI2N2O8S. The Morgan fingerprint density at radius 1 is 1.02 bits per heavy atom. The summed E-state index contributed by atoms with van der Waals surface area (Å²) in [6, 6.07) is 15.6. The molecule has 0 unspecified atom stereocenters. The maximum Gasteiger partial charge on any atom is 0.343 e. The summed E-state index contributed by atoms with van der Waals surface area (Å²) in [6.07, 6.45) is 1.78. The van der Waals surface area contributed by atoms with E-state index >= 15 is 0 Å². The molecule has 3 aromatic carbocycles. The van der Waals surface area contributed by atoms with Gasteiger partial charge in [0, 0.05) is 19.7 Å². The third-order valence-corrected chi connectivity index (χ3v) is 10.1. The third-order valence-electron chi connectivity index (χ3n) is 7.33. The number of esters is 2. The van der Waals surface area contributed by atoms with E-state index in [1.54, 1.807) is 38.1 Å². The van der Waals surface area contributed by atoms with Gasteiger partial charge in [-0.3, -0.25) is 9.36 Å². The van der Waals surface area contributed by atoms with Gasteiger partial charge in [0.05, 0.1) is 45.7 Å². The van der Waals surface area contributed by atoms with Crippen LogP contribution in [0, 0.1) is 7.14 Å². The average molecular weight is 929 g/mol. The molecule has 256 valence electrons. The largest absolute Gasteiger partial charge is 0.490 e. The summed E-state index contributed by atoms with van der Waals surface area (Å²) in [7, 11) is 1.27. The second kappa shape index (κ2) is 16.5. The Hall–Kier alpha value is -3.41. The molecule has 5 rings (SSSR count). The van der Waals surface area contributed by atoms with Gasteiger partial charge in [0.15, 0.2) is 22.9 Å². The smallest absolute Gasteiger partial charge is 0.343 e. The zero-order valence-electron chi connectivity index (χ0n) is 26.9. The molecule has 1 aliphatic rings. The van der Waals surface area contributed by atoms with Crippen molar-refractivity contribution in [1.82, 2.24) is 4.57 Å². The van der Waals surface area contributed by atoms with E-state index in [0.717, 1.165) is 12.7 Å². The second-order valence-electron chi connectivity index (χ2n) is 10.5. The van der Waals surface area contributed by atoms with Gasteiger partial charge in [-0.2, -0.15) is 0 Å². The Morgan fingerprint density at radius 3 is 2.51 bits per heavy atom. The molecule has 0 aliphatic carbocycles. The number of halogens is 3. The predicted molar refractivity (Wildman–Crippen MR) is 203 cm³/mol. The molecule has 4 aromatic rings. The molecule has 0 saturated carbocycles. The minimum absolute atomic E-state index is 0.138. The van der Waals surface area contributed by atoms with Crippen LogP contribution in [0.3, 0.4) is 0 Å². The number of methoxy groups -OCH3 is 1. The maximum absolute atomic E-state index is 14.4. The van der Waals surface area contributed by atoms with Gasteiger partial charge in [0.2, 0.25) is 0 Å². The monoisotopic (exact) mass is 928 g/mol. The first kappa shape index (κ1) is 36.9. The fourth-order valence-electron chi connectivity index (χ4n) is 5.13. The molecule has 1 aliphatic heterocycles. The first-order valence-electron chi connectivity index (χ1n) is 15.1. The molecule has 0 N–H and O–H groups in total. The lowest BCUT2D eigenvalue weighted by Gasteiger charge is -2.25. The Balaban J connectivity index is 1.65. The van der Waals surface area contributed by atoms with Gasteiger partial charge in [-0.05, 0) is 108 Å². The van der Waals surface area contributed by atoms with Crippen molar-refractivity contribution in [3.05, 3.63) is 114 Å². The van der Waals surface area contributed by atoms with E-state index in [9.17, 15) is 14.4 Å². The van der Waals surface area contributed by atoms with Crippen LogP contribution in [0.4, 0.5) is 0 Å². The van der Waals surface area contributed by atoms with Crippen LogP contribution in [0.1, 0.15) is 43.5 Å². The Morgan fingerprint density at radius 2 is 1.80 bits per heavy atom. The summed E-state index contributed by atoms with van der Waals surface area (Å²) < 4.78 is 31.7. The Labute approximate surface area is 318 Å². The maximum atomic E-state index is 14.4. The van der Waals surface area contributed by atoms with Gasteiger partial charge in [-0.15, -0.1) is 0 Å². The van der Waals surface area contributed by atoms with Crippen LogP contribution in [0.25, 0.3) is 6.08 Å². The molecule has 10 nitrogen and oxygen atoms in total. The van der Waals surface area contributed by atoms with Crippen molar-refractivity contribution < 1.29 is 33.3 Å². The van der Waals surface area contributed by atoms with Crippen LogP contribution < -0.4 is 29.1 Å². The van der Waals surface area contributed by atoms with Crippen molar-refractivity contribution in [2.24, 2.45) is 4.99 Å². The van der Waals surface area contributed by atoms with Crippen molar-refractivity contribution in [3.63, 3.8) is 0 Å². The average Bonchev–Trinajstić information content (AvgIpc) is 3.37. The minimum atomic E-state index is -0.890. The number of fused-ring (bicyclic) bond motifs is 1. The van der Waals surface area contributed by atoms with E-state index in [0.29, 0.717) is 55.0 Å². The second-order valence-corrected chi connectivity index (χ2v) is 14.3. The van der Waals surface area contributed by atoms with Crippen LogP contribution in [-0.4, -0.2) is 43.4 Å². The molecule has 0 spiro atoms. The van der Waals surface area contributed by atoms with Crippen LogP contribution >= 0.6 is 68.1 Å². The van der Waals surface area contributed by atoms with Crippen molar-refractivity contribution in [3.8, 4) is 17.2 Å². The molecule has 49 heavy (non-hydrogen) atoms. The lowest BCUT2D eigenvalue weighted by atomic mass is 9.95. The van der Waals surface area contributed by atoms with Gasteiger partial charge in [0.25, 0.3) is 5.56 Å². The zero-order valence-corrected chi connectivity index (χ0v) is 32.8. The summed E-state index contributed by atoms with van der Waals surface area (Å²) in [5.74, 6) is 0.101. The Kier molecular flexibility index (Phi) is 12.4. The van der Waals surface area contributed by atoms with Crippen molar-refractivity contribution in [2.75, 3.05) is 26.9 Å². The highest BCUT2D eigenvalue weighted by molar-refractivity contribution is 14.1. The number of benzene rings is 3. The molecular weight excluding hydrogens is 898 g/mol. The lowest BCUT2D eigenvalue weighted by molar-refractivity contribution is -0.143. The van der Waals surface area contributed by atoms with E-state index in [1.807, 2.05) is 43.3 Å². The van der Waals surface area contributed by atoms with Crippen molar-refractivity contribution >= 4 is 86.1 Å². The van der Waals surface area contributed by atoms with E-state index in [2.05, 4.69) is 45.2 Å². The van der Waals surface area contributed by atoms with E-state index in [-0.39, 0.29) is 31.0 Å². The molecule has 0 fully saturated rings. The molecule has 0 radical (unpaired) electrons. The molecule has 0 saturated heterocycles. The number of allylic oxidation sites excluding steroid dienone is 1. The number of carbonyl (C=O) groups is 2. The number of ether oxygens (including phenoxy) is 5. The van der Waals surface area contributed by atoms with Gasteiger partial charge < -0.3 is 23.7 Å². The summed E-state index contributed by atoms with van der Waals surface area (Å²) in [5.41, 5.74) is 2.40. The topological polar surface area (TPSA) is 115 Å². The minimum Gasteiger partial charge on any atom is -0.490 e. The molecule has 0 amide bonds. The van der Waals surface area contributed by atoms with Crippen molar-refractivity contribution in [1.29, 1.82) is 0 Å². The van der Waals surface area contributed by atoms with Gasteiger partial charge in [-0.25, -0.2) is 14.6 Å². The van der Waals surface area contributed by atoms with Crippen molar-refractivity contribution in [2.45, 2.75) is 33.4 Å². The van der Waals surface area contributed by atoms with Crippen LogP contribution in [0.5, 0.6) is 17.2 Å². The summed E-state index contributed by atoms with van der Waals surface area (Å²) >= 11 is 12.0. The van der Waals surface area contributed by atoms with Crippen LogP contribution in [-0.2, 0) is 25.7 Å². The highest BCUT2D eigenvalue weighted by atomic mass is 127. The predicted octanol–water partition coefficient (Wildman–Crippen LogP) is 6.19. The van der Waals surface area contributed by atoms with E-state index < -0.39 is 18.0 Å². The third kappa shape index (κ3) is 8.32. The number of thiazole rings is 1. The van der Waals surface area contributed by atoms with Crippen LogP contribution in [0.2, 0.25) is 5.02 Å². The molecule has 0 bridgehead atoms. The van der Waals surface area contributed by atoms with Crippen LogP contribution in [0.15, 0.2) is 75.7 Å². The number of aromatic nitrogens is 1. The van der Waals surface area contributed by atoms with Gasteiger partial charge in [-0.1, -0.05) is 47.2 Å². The van der Waals surface area contributed by atoms with E-state index in [4.69, 9.17) is 40.3 Å². The zero-order chi connectivity index (χ0) is 35.2. The molecule has 1 aromatic heterocycles. The molecule has 1 atom stereocenters. The first-order chi connectivity index (χ1) is 23.6. The van der Waals surface area contributed by atoms with E-state index in [1.165, 1.54) is 23.0 Å². The fourth-order valence-corrected chi connectivity index (χ4v) is 8.40. The summed E-state index contributed by atoms with van der Waals surface area (Å²) in [6.45, 7) is 5.60. The number of carbonyl (C=O) groups excluding carboxylic acids is 2. The quantitative estimate of drug-likeness (QED) is 0.122. The number of rotatable bonds is 12. The Bertz CT molecular complexity index is 2130. The normalized spacial score (nSPS) is 14.2. The fraction of sp³-hybridized carbons (Fsp3) is 0.257. The molecule has 2 heterocycles. The lowest BCUT2D eigenvalue weighted by Crippen LogP contribution is -2.40. The number of hydrogen-bond acceptors (Lipinski definition) is 10. The summed E-state index contributed by atoms with van der Waals surface area (Å²) in [5, 5.41) is 0.598. The first-order valence-corrected chi connectivity index (χ1v) is 18.4. The number of nitrogens with zero attached hydrogens (tertiary/aromatic N) is 2. The summed E-state index contributed by atoms with van der Waals surface area (Å²) in [4.78, 5) is 44.7. The highest BCUT2D eigenvalue weighted by Crippen LogP contribution is 2.37.